The quantitative estimate of drug-likeness (QED) is 0.676. The number of thiophene rings is 1. The predicted molar refractivity (Wildman–Crippen MR) is 82.5 cm³/mol. The Kier molecular flexibility index (Phi) is 2.90. The summed E-state index contributed by atoms with van der Waals surface area (Å²) in [4.78, 5) is 20.9. The Labute approximate surface area is 124 Å². The van der Waals surface area contributed by atoms with Gasteiger partial charge in [-0.05, 0) is 32.4 Å². The van der Waals surface area contributed by atoms with E-state index in [-0.39, 0.29) is 11.6 Å². The fraction of sp³-hybridized carbons (Fsp3) is 0.357. The molecular formula is C14H15N5OS. The summed E-state index contributed by atoms with van der Waals surface area (Å²) < 4.78 is 0.673. The summed E-state index contributed by atoms with van der Waals surface area (Å²) in [5.74, 6) is 0.748. The highest BCUT2D eigenvalue weighted by Crippen LogP contribution is 2.32. The van der Waals surface area contributed by atoms with Gasteiger partial charge in [0, 0.05) is 16.1 Å². The molecule has 1 atom stereocenters. The number of aryl methyl sites for hydroxylation is 1. The van der Waals surface area contributed by atoms with Crippen LogP contribution in [0, 0.1) is 6.92 Å². The highest BCUT2D eigenvalue weighted by Gasteiger charge is 2.20. The van der Waals surface area contributed by atoms with Gasteiger partial charge in [-0.25, -0.2) is 4.98 Å². The number of hydrogen-bond acceptors (Lipinski definition) is 5. The molecule has 0 amide bonds. The molecule has 3 aromatic heterocycles. The van der Waals surface area contributed by atoms with Crippen molar-refractivity contribution in [3.63, 3.8) is 0 Å². The van der Waals surface area contributed by atoms with Crippen LogP contribution in [-0.2, 0) is 0 Å². The first-order chi connectivity index (χ1) is 10.2. The molecule has 1 fully saturated rings. The van der Waals surface area contributed by atoms with Gasteiger partial charge in [0.15, 0.2) is 0 Å². The Morgan fingerprint density at radius 2 is 2.33 bits per heavy atom. The van der Waals surface area contributed by atoms with Crippen LogP contribution < -0.4 is 10.9 Å². The van der Waals surface area contributed by atoms with Gasteiger partial charge in [-0.15, -0.1) is 11.3 Å². The monoisotopic (exact) mass is 301 g/mol. The van der Waals surface area contributed by atoms with Crippen LogP contribution in [-0.4, -0.2) is 26.7 Å². The molecule has 1 aliphatic heterocycles. The van der Waals surface area contributed by atoms with Gasteiger partial charge in [-0.2, -0.15) is 5.10 Å². The van der Waals surface area contributed by atoms with Crippen molar-refractivity contribution in [3.05, 3.63) is 34.1 Å². The maximum atomic E-state index is 12.3. The van der Waals surface area contributed by atoms with Crippen LogP contribution in [0.3, 0.4) is 0 Å². The highest BCUT2D eigenvalue weighted by molar-refractivity contribution is 7.22. The molecule has 0 spiro atoms. The lowest BCUT2D eigenvalue weighted by Gasteiger charge is -2.08. The molecule has 1 aliphatic rings. The van der Waals surface area contributed by atoms with Crippen LogP contribution in [0.25, 0.3) is 20.7 Å². The van der Waals surface area contributed by atoms with Gasteiger partial charge in [0.05, 0.1) is 17.8 Å². The number of rotatable bonds is 2. The smallest absolute Gasteiger partial charge is 0.268 e. The Balaban J connectivity index is 1.85. The lowest BCUT2D eigenvalue weighted by Crippen LogP contribution is -2.20. The van der Waals surface area contributed by atoms with E-state index >= 15 is 0 Å². The number of aromatic amines is 2. The summed E-state index contributed by atoms with van der Waals surface area (Å²) in [5.41, 5.74) is 2.73. The Hall–Kier alpha value is -1.99. The minimum atomic E-state index is -0.0545. The summed E-state index contributed by atoms with van der Waals surface area (Å²) >= 11 is 1.46. The number of hydrogen-bond donors (Lipinski definition) is 3. The Morgan fingerprint density at radius 1 is 1.43 bits per heavy atom. The zero-order valence-electron chi connectivity index (χ0n) is 11.6. The normalized spacial score (nSPS) is 18.6. The molecule has 3 aromatic rings. The summed E-state index contributed by atoms with van der Waals surface area (Å²) in [6, 6.07) is 2.15. The van der Waals surface area contributed by atoms with Gasteiger partial charge in [-0.3, -0.25) is 9.89 Å². The van der Waals surface area contributed by atoms with E-state index in [1.165, 1.54) is 11.3 Å². The second kappa shape index (κ2) is 4.78. The van der Waals surface area contributed by atoms with E-state index in [0.29, 0.717) is 4.70 Å². The van der Waals surface area contributed by atoms with Crippen LogP contribution in [0.2, 0.25) is 0 Å². The van der Waals surface area contributed by atoms with E-state index < -0.39 is 0 Å². The first-order valence-electron chi connectivity index (χ1n) is 7.00. The van der Waals surface area contributed by atoms with Crippen molar-refractivity contribution in [3.8, 4) is 10.4 Å². The molecule has 7 heteroatoms. The van der Waals surface area contributed by atoms with Crippen LogP contribution in [0.15, 0.2) is 17.1 Å². The van der Waals surface area contributed by atoms with Crippen molar-refractivity contribution >= 4 is 21.6 Å². The van der Waals surface area contributed by atoms with Crippen molar-refractivity contribution in [1.82, 2.24) is 25.5 Å². The summed E-state index contributed by atoms with van der Waals surface area (Å²) in [7, 11) is 0. The van der Waals surface area contributed by atoms with Crippen molar-refractivity contribution in [2.24, 2.45) is 0 Å². The zero-order chi connectivity index (χ0) is 14.4. The van der Waals surface area contributed by atoms with E-state index in [0.717, 1.165) is 46.9 Å². The van der Waals surface area contributed by atoms with Gasteiger partial charge in [-0.1, -0.05) is 0 Å². The summed E-state index contributed by atoms with van der Waals surface area (Å²) in [6.07, 6.45) is 3.93. The molecule has 6 nitrogen and oxygen atoms in total. The summed E-state index contributed by atoms with van der Waals surface area (Å²) in [6.45, 7) is 2.95. The maximum Gasteiger partial charge on any atom is 0.268 e. The van der Waals surface area contributed by atoms with Crippen LogP contribution in [0.5, 0.6) is 0 Å². The van der Waals surface area contributed by atoms with Crippen molar-refractivity contribution in [2.75, 3.05) is 6.54 Å². The second-order valence-electron chi connectivity index (χ2n) is 5.33. The van der Waals surface area contributed by atoms with Crippen LogP contribution in [0.1, 0.15) is 30.4 Å². The molecule has 4 heterocycles. The SMILES string of the molecule is Cc1[nH]ncc1-c1cc2nc([C@H]3CCCN3)[nH]c(=O)c2s1. The van der Waals surface area contributed by atoms with Crippen molar-refractivity contribution in [1.29, 1.82) is 0 Å². The highest BCUT2D eigenvalue weighted by atomic mass is 32.1. The fourth-order valence-corrected chi connectivity index (χ4v) is 3.83. The van der Waals surface area contributed by atoms with Gasteiger partial charge in [0.2, 0.25) is 0 Å². The minimum Gasteiger partial charge on any atom is -0.308 e. The molecule has 21 heavy (non-hydrogen) atoms. The number of H-pyrrole nitrogens is 2. The average Bonchev–Trinajstić information content (AvgIpc) is 3.17. The number of nitrogens with zero attached hydrogens (tertiary/aromatic N) is 2. The predicted octanol–water partition coefficient (Wildman–Crippen LogP) is 2.11. The molecular weight excluding hydrogens is 286 g/mol. The van der Waals surface area contributed by atoms with Crippen LogP contribution in [0.4, 0.5) is 0 Å². The van der Waals surface area contributed by atoms with Crippen molar-refractivity contribution in [2.45, 2.75) is 25.8 Å². The number of fused-ring (bicyclic) bond motifs is 1. The molecule has 0 bridgehead atoms. The number of nitrogens with one attached hydrogen (secondary N) is 3. The molecule has 3 N–H and O–H groups in total. The summed E-state index contributed by atoms with van der Waals surface area (Å²) in [5, 5.41) is 10.3. The lowest BCUT2D eigenvalue weighted by molar-refractivity contribution is 0.606. The molecule has 108 valence electrons. The fourth-order valence-electron chi connectivity index (χ4n) is 2.77. The molecule has 0 aliphatic carbocycles. The van der Waals surface area contributed by atoms with Gasteiger partial charge in [0.1, 0.15) is 10.5 Å². The largest absolute Gasteiger partial charge is 0.308 e. The zero-order valence-corrected chi connectivity index (χ0v) is 12.4. The van der Waals surface area contributed by atoms with Crippen LogP contribution >= 0.6 is 11.3 Å². The number of aromatic nitrogens is 4. The third kappa shape index (κ3) is 2.09. The standard InChI is InChI=1S/C14H15N5OS/c1-7-8(6-16-19-7)11-5-10-12(21-11)14(20)18-13(17-10)9-3-2-4-15-9/h5-6,9,15H,2-4H2,1H3,(H,16,19)(H,17,18,20)/t9-/m1/s1. The van der Waals surface area contributed by atoms with E-state index in [2.05, 4.69) is 25.5 Å². The molecule has 4 rings (SSSR count). The third-order valence-electron chi connectivity index (χ3n) is 3.89. The van der Waals surface area contributed by atoms with E-state index in [1.807, 2.05) is 13.0 Å². The first kappa shape index (κ1) is 12.7. The molecule has 0 saturated carbocycles. The minimum absolute atomic E-state index is 0.0545. The molecule has 0 aromatic carbocycles. The van der Waals surface area contributed by atoms with Crippen molar-refractivity contribution < 1.29 is 0 Å². The lowest BCUT2D eigenvalue weighted by atomic mass is 10.2. The molecule has 0 radical (unpaired) electrons. The first-order valence-corrected chi connectivity index (χ1v) is 7.81. The Bertz CT molecular complexity index is 856. The maximum absolute atomic E-state index is 12.3. The van der Waals surface area contributed by atoms with E-state index in [1.54, 1.807) is 6.20 Å². The van der Waals surface area contributed by atoms with E-state index in [4.69, 9.17) is 0 Å². The molecule has 1 saturated heterocycles. The topological polar surface area (TPSA) is 86.5 Å². The van der Waals surface area contributed by atoms with Gasteiger partial charge >= 0.3 is 0 Å². The second-order valence-corrected chi connectivity index (χ2v) is 6.39. The average molecular weight is 301 g/mol. The van der Waals surface area contributed by atoms with E-state index in [9.17, 15) is 4.79 Å². The van der Waals surface area contributed by atoms with Gasteiger partial charge < -0.3 is 10.3 Å². The third-order valence-corrected chi connectivity index (χ3v) is 5.04. The van der Waals surface area contributed by atoms with Gasteiger partial charge in [0.25, 0.3) is 5.56 Å². The Morgan fingerprint density at radius 3 is 3.05 bits per heavy atom. The molecule has 0 unspecified atom stereocenters.